The number of carbonyl (C=O) groups excluding carboxylic acids is 1. The van der Waals surface area contributed by atoms with Crippen molar-refractivity contribution in [3.8, 4) is 11.4 Å². The van der Waals surface area contributed by atoms with Crippen LogP contribution in [0.5, 0.6) is 0 Å². The van der Waals surface area contributed by atoms with E-state index in [1.54, 1.807) is 0 Å². The zero-order valence-corrected chi connectivity index (χ0v) is 18.8. The zero-order chi connectivity index (χ0) is 22.1. The van der Waals surface area contributed by atoms with E-state index in [9.17, 15) is 4.79 Å². The van der Waals surface area contributed by atoms with Crippen molar-refractivity contribution in [2.75, 3.05) is 10.7 Å². The first-order valence-electron chi connectivity index (χ1n) is 10.2. The van der Waals surface area contributed by atoms with Gasteiger partial charge in [-0.25, -0.2) is 4.68 Å². The molecule has 1 amide bonds. The number of fused-ring (bicyclic) bond motifs is 1. The Morgan fingerprint density at radius 1 is 1.00 bits per heavy atom. The van der Waals surface area contributed by atoms with Crippen LogP contribution in [0.15, 0.2) is 84.0 Å². The largest absolute Gasteiger partial charge is 0.325 e. The van der Waals surface area contributed by atoms with Crippen molar-refractivity contribution < 1.29 is 4.79 Å². The molecule has 0 saturated carbocycles. The Morgan fingerprint density at radius 3 is 2.44 bits per heavy atom. The van der Waals surface area contributed by atoms with Crippen molar-refractivity contribution in [3.63, 3.8) is 0 Å². The summed E-state index contributed by atoms with van der Waals surface area (Å²) in [6.45, 7) is 2.01. The maximum Gasteiger partial charge on any atom is 0.240 e. The maximum absolute atomic E-state index is 13.3. The first-order chi connectivity index (χ1) is 15.6. The number of nitrogens with one attached hydrogen (secondary N) is 2. The molecule has 0 bridgehead atoms. The monoisotopic (exact) mass is 461 g/mol. The van der Waals surface area contributed by atoms with Crippen molar-refractivity contribution in [1.29, 1.82) is 0 Å². The molecule has 2 heterocycles. The number of aromatic nitrogens is 3. The Balaban J connectivity index is 1.50. The summed E-state index contributed by atoms with van der Waals surface area (Å²) < 4.78 is 1.86. The SMILES string of the molecule is Cc1ccc(NC(=O)[C@H]2Sc3nnc(-c4ccccc4)n3N[C@H]2c2ccc(Cl)cc2)cc1. The van der Waals surface area contributed by atoms with E-state index in [0.717, 1.165) is 22.4 Å². The predicted octanol–water partition coefficient (Wildman–Crippen LogP) is 5.30. The van der Waals surface area contributed by atoms with Crippen molar-refractivity contribution in [3.05, 3.63) is 95.0 Å². The van der Waals surface area contributed by atoms with E-state index in [1.807, 2.05) is 90.5 Å². The molecule has 2 atom stereocenters. The quantitative estimate of drug-likeness (QED) is 0.431. The molecule has 0 aliphatic carbocycles. The third-order valence-electron chi connectivity index (χ3n) is 5.28. The molecule has 6 nitrogen and oxygen atoms in total. The molecule has 4 aromatic rings. The van der Waals surface area contributed by atoms with Crippen molar-refractivity contribution in [2.45, 2.75) is 23.4 Å². The maximum atomic E-state index is 13.3. The van der Waals surface area contributed by atoms with Crippen LogP contribution in [0.4, 0.5) is 5.69 Å². The van der Waals surface area contributed by atoms with Gasteiger partial charge in [0.2, 0.25) is 11.1 Å². The van der Waals surface area contributed by atoms with Gasteiger partial charge in [-0.3, -0.25) is 4.79 Å². The lowest BCUT2D eigenvalue weighted by molar-refractivity contribution is -0.116. The van der Waals surface area contributed by atoms with Crippen LogP contribution in [0.25, 0.3) is 11.4 Å². The minimum atomic E-state index is -0.460. The van der Waals surface area contributed by atoms with Crippen molar-refractivity contribution >= 4 is 35.0 Å². The molecule has 5 rings (SSSR count). The summed E-state index contributed by atoms with van der Waals surface area (Å²) in [7, 11) is 0. The number of nitrogens with zero attached hydrogens (tertiary/aromatic N) is 3. The molecule has 160 valence electrons. The average molecular weight is 462 g/mol. The highest BCUT2D eigenvalue weighted by Gasteiger charge is 2.38. The van der Waals surface area contributed by atoms with Crippen molar-refractivity contribution in [1.82, 2.24) is 14.9 Å². The molecule has 2 N–H and O–H groups in total. The molecule has 0 radical (unpaired) electrons. The number of aryl methyl sites for hydroxylation is 1. The fraction of sp³-hybridized carbons (Fsp3) is 0.125. The molecule has 0 unspecified atom stereocenters. The second-order valence-electron chi connectivity index (χ2n) is 7.56. The lowest BCUT2D eigenvalue weighted by Crippen LogP contribution is -2.41. The molecule has 1 aromatic heterocycles. The van der Waals surface area contributed by atoms with Crippen LogP contribution in [0.2, 0.25) is 5.02 Å². The zero-order valence-electron chi connectivity index (χ0n) is 17.2. The van der Waals surface area contributed by atoms with Crippen LogP contribution in [-0.2, 0) is 4.79 Å². The van der Waals surface area contributed by atoms with Crippen LogP contribution < -0.4 is 10.7 Å². The van der Waals surface area contributed by atoms with Gasteiger partial charge in [0.15, 0.2) is 5.82 Å². The standard InChI is InChI=1S/C24H20ClN5OS/c1-15-7-13-19(14-8-15)26-23(31)21-20(16-9-11-18(25)12-10-16)29-30-22(27-28-24(30)32-21)17-5-3-2-4-6-17/h2-14,20-21,29H,1H3,(H,26,31)/t20-,21-/m0/s1. The summed E-state index contributed by atoms with van der Waals surface area (Å²) in [6.07, 6.45) is 0. The van der Waals surface area contributed by atoms with Crippen LogP contribution in [0, 0.1) is 6.92 Å². The number of halogens is 1. The molecular formula is C24H20ClN5OS. The van der Waals surface area contributed by atoms with E-state index in [4.69, 9.17) is 11.6 Å². The summed E-state index contributed by atoms with van der Waals surface area (Å²) in [5.74, 6) is 0.589. The minimum absolute atomic E-state index is 0.109. The first kappa shape index (κ1) is 20.6. The van der Waals surface area contributed by atoms with E-state index in [-0.39, 0.29) is 11.9 Å². The second-order valence-corrected chi connectivity index (χ2v) is 9.10. The third-order valence-corrected chi connectivity index (χ3v) is 6.74. The van der Waals surface area contributed by atoms with Crippen LogP contribution in [0.1, 0.15) is 17.2 Å². The summed E-state index contributed by atoms with van der Waals surface area (Å²) in [6, 6.07) is 24.8. The lowest BCUT2D eigenvalue weighted by Gasteiger charge is -2.33. The average Bonchev–Trinajstić information content (AvgIpc) is 3.24. The van der Waals surface area contributed by atoms with Gasteiger partial charge in [0.05, 0.1) is 6.04 Å². The normalized spacial score (nSPS) is 17.3. The van der Waals surface area contributed by atoms with E-state index in [1.165, 1.54) is 11.8 Å². The Morgan fingerprint density at radius 2 is 1.72 bits per heavy atom. The van der Waals surface area contributed by atoms with Crippen LogP contribution in [-0.4, -0.2) is 26.0 Å². The molecule has 32 heavy (non-hydrogen) atoms. The van der Waals surface area contributed by atoms with Gasteiger partial charge in [0.1, 0.15) is 5.25 Å². The van der Waals surface area contributed by atoms with Gasteiger partial charge in [-0.15, -0.1) is 10.2 Å². The summed E-state index contributed by atoms with van der Waals surface area (Å²) in [4.78, 5) is 13.3. The number of hydrogen-bond acceptors (Lipinski definition) is 5. The molecule has 1 aliphatic heterocycles. The molecule has 0 saturated heterocycles. The summed E-state index contributed by atoms with van der Waals surface area (Å²) >= 11 is 7.50. The third kappa shape index (κ3) is 4.09. The van der Waals surface area contributed by atoms with Crippen molar-refractivity contribution in [2.24, 2.45) is 0 Å². The second kappa shape index (κ2) is 8.68. The fourth-order valence-corrected chi connectivity index (χ4v) is 4.81. The lowest BCUT2D eigenvalue weighted by atomic mass is 10.0. The molecule has 0 spiro atoms. The van der Waals surface area contributed by atoms with Gasteiger partial charge >= 0.3 is 0 Å². The number of benzene rings is 3. The van der Waals surface area contributed by atoms with E-state index in [0.29, 0.717) is 16.0 Å². The van der Waals surface area contributed by atoms with Crippen LogP contribution in [0.3, 0.4) is 0 Å². The highest BCUT2D eigenvalue weighted by Crippen LogP contribution is 2.39. The van der Waals surface area contributed by atoms with Gasteiger partial charge in [-0.2, -0.15) is 0 Å². The number of hydrogen-bond donors (Lipinski definition) is 2. The van der Waals surface area contributed by atoms with Gasteiger partial charge in [-0.1, -0.05) is 83.5 Å². The Bertz CT molecular complexity index is 1240. The Hall–Kier alpha value is -3.29. The highest BCUT2D eigenvalue weighted by molar-refractivity contribution is 8.00. The number of rotatable bonds is 4. The van der Waals surface area contributed by atoms with E-state index < -0.39 is 5.25 Å². The number of carbonyl (C=O) groups is 1. The summed E-state index contributed by atoms with van der Waals surface area (Å²) in [5, 5.41) is 12.6. The topological polar surface area (TPSA) is 71.8 Å². The number of amides is 1. The molecule has 0 fully saturated rings. The Kier molecular flexibility index (Phi) is 5.59. The predicted molar refractivity (Wildman–Crippen MR) is 128 cm³/mol. The van der Waals surface area contributed by atoms with Gasteiger partial charge in [0, 0.05) is 16.3 Å². The van der Waals surface area contributed by atoms with Gasteiger partial charge < -0.3 is 10.7 Å². The van der Waals surface area contributed by atoms with E-state index >= 15 is 0 Å². The highest BCUT2D eigenvalue weighted by atomic mass is 35.5. The smallest absolute Gasteiger partial charge is 0.240 e. The molecule has 1 aliphatic rings. The van der Waals surface area contributed by atoms with E-state index in [2.05, 4.69) is 20.9 Å². The molecular weight excluding hydrogens is 442 g/mol. The Labute approximate surface area is 195 Å². The fourth-order valence-electron chi connectivity index (χ4n) is 3.60. The number of thioether (sulfide) groups is 1. The van der Waals surface area contributed by atoms with Gasteiger partial charge in [-0.05, 0) is 36.8 Å². The van der Waals surface area contributed by atoms with Crippen LogP contribution >= 0.6 is 23.4 Å². The first-order valence-corrected chi connectivity index (χ1v) is 11.4. The molecule has 3 aromatic carbocycles. The van der Waals surface area contributed by atoms with Gasteiger partial charge in [0.25, 0.3) is 0 Å². The minimum Gasteiger partial charge on any atom is -0.325 e. The molecule has 8 heteroatoms. The summed E-state index contributed by atoms with van der Waals surface area (Å²) in [5.41, 5.74) is 7.26. The number of anilines is 1.